The predicted octanol–water partition coefficient (Wildman–Crippen LogP) is 2.44. The third-order valence-electron chi connectivity index (χ3n) is 1.98. The van der Waals surface area contributed by atoms with Crippen LogP contribution in [0.2, 0.25) is 0 Å². The zero-order valence-electron chi connectivity index (χ0n) is 9.98. The monoisotopic (exact) mass is 320 g/mol. The maximum Gasteiger partial charge on any atom is 0.338 e. The fraction of sp³-hybridized carbons (Fsp3) is 0.167. The molecule has 0 saturated heterocycles. The lowest BCUT2D eigenvalue weighted by molar-refractivity contribution is 0.0526. The number of anilines is 1. The average Bonchev–Trinajstić information content (AvgIpc) is 2.41. The van der Waals surface area contributed by atoms with E-state index >= 15 is 0 Å². The number of nitrogens with zero attached hydrogens (tertiary/aromatic N) is 3. The molecule has 0 bridgehead atoms. The maximum absolute atomic E-state index is 11.5. The Hall–Kier alpha value is -2.38. The SMILES string of the molecule is CCOC(=O)c1ccc(NN=C(C#N)C#N)c(Br)c1. The lowest BCUT2D eigenvalue weighted by Gasteiger charge is -2.06. The van der Waals surface area contributed by atoms with Gasteiger partial charge in [-0.25, -0.2) is 4.79 Å². The Morgan fingerprint density at radius 1 is 1.47 bits per heavy atom. The van der Waals surface area contributed by atoms with Gasteiger partial charge >= 0.3 is 5.97 Å². The molecule has 0 saturated carbocycles. The molecule has 0 fully saturated rings. The van der Waals surface area contributed by atoms with Crippen molar-refractivity contribution in [3.8, 4) is 12.1 Å². The van der Waals surface area contributed by atoms with E-state index in [1.807, 2.05) is 0 Å². The first-order valence-corrected chi connectivity index (χ1v) is 6.02. The summed E-state index contributed by atoms with van der Waals surface area (Å²) in [5, 5.41) is 20.7. The molecule has 0 aliphatic rings. The summed E-state index contributed by atoms with van der Waals surface area (Å²) in [5.74, 6) is -0.423. The Balaban J connectivity index is 2.91. The van der Waals surface area contributed by atoms with Crippen molar-refractivity contribution in [1.29, 1.82) is 10.5 Å². The van der Waals surface area contributed by atoms with Crippen LogP contribution >= 0.6 is 15.9 Å². The summed E-state index contributed by atoms with van der Waals surface area (Å²) in [5.41, 5.74) is 3.18. The Morgan fingerprint density at radius 2 is 2.16 bits per heavy atom. The molecule has 0 heterocycles. The molecule has 0 radical (unpaired) electrons. The van der Waals surface area contributed by atoms with Gasteiger partial charge in [-0.2, -0.15) is 15.6 Å². The van der Waals surface area contributed by atoms with Crippen LogP contribution in [0.4, 0.5) is 5.69 Å². The molecular weight excluding hydrogens is 312 g/mol. The topological polar surface area (TPSA) is 98.3 Å². The number of carbonyl (C=O) groups is 1. The van der Waals surface area contributed by atoms with Crippen LogP contribution in [0.25, 0.3) is 0 Å². The van der Waals surface area contributed by atoms with Gasteiger partial charge in [-0.05, 0) is 41.1 Å². The van der Waals surface area contributed by atoms with Crippen LogP contribution in [0.3, 0.4) is 0 Å². The molecule has 0 spiro atoms. The Bertz CT molecular complexity index is 583. The largest absolute Gasteiger partial charge is 0.462 e. The van der Waals surface area contributed by atoms with Crippen LogP contribution in [0.15, 0.2) is 27.8 Å². The molecule has 7 heteroatoms. The molecule has 0 atom stereocenters. The first kappa shape index (κ1) is 14.7. The minimum Gasteiger partial charge on any atom is -0.462 e. The van der Waals surface area contributed by atoms with Crippen molar-refractivity contribution < 1.29 is 9.53 Å². The van der Waals surface area contributed by atoms with Gasteiger partial charge in [-0.3, -0.25) is 5.43 Å². The summed E-state index contributed by atoms with van der Waals surface area (Å²) in [4.78, 5) is 11.5. The van der Waals surface area contributed by atoms with Crippen LogP contribution < -0.4 is 5.43 Å². The van der Waals surface area contributed by atoms with Gasteiger partial charge in [0.25, 0.3) is 0 Å². The number of nitrogens with one attached hydrogen (secondary N) is 1. The average molecular weight is 321 g/mol. The molecule has 0 aliphatic carbocycles. The van der Waals surface area contributed by atoms with Crippen LogP contribution in [-0.4, -0.2) is 18.3 Å². The van der Waals surface area contributed by atoms with Crippen molar-refractivity contribution in [2.24, 2.45) is 5.10 Å². The fourth-order valence-electron chi connectivity index (χ4n) is 1.14. The molecule has 1 rings (SSSR count). The molecule has 96 valence electrons. The summed E-state index contributed by atoms with van der Waals surface area (Å²) < 4.78 is 5.43. The maximum atomic E-state index is 11.5. The van der Waals surface area contributed by atoms with E-state index in [4.69, 9.17) is 15.3 Å². The van der Waals surface area contributed by atoms with Gasteiger partial charge in [0.2, 0.25) is 5.71 Å². The second kappa shape index (κ2) is 7.14. The number of carbonyl (C=O) groups excluding carboxylic acids is 1. The highest BCUT2D eigenvalue weighted by molar-refractivity contribution is 9.10. The Kier molecular flexibility index (Phi) is 5.52. The van der Waals surface area contributed by atoms with Gasteiger partial charge < -0.3 is 4.74 Å². The van der Waals surface area contributed by atoms with Crippen molar-refractivity contribution in [2.75, 3.05) is 12.0 Å². The molecular formula is C12H9BrN4O2. The van der Waals surface area contributed by atoms with Crippen molar-refractivity contribution in [3.63, 3.8) is 0 Å². The molecule has 6 nitrogen and oxygen atoms in total. The molecule has 1 aromatic carbocycles. The van der Waals surface area contributed by atoms with E-state index < -0.39 is 5.97 Å². The highest BCUT2D eigenvalue weighted by Crippen LogP contribution is 2.24. The van der Waals surface area contributed by atoms with Gasteiger partial charge in [-0.1, -0.05) is 0 Å². The number of hydrazone groups is 1. The predicted molar refractivity (Wildman–Crippen MR) is 72.4 cm³/mol. The molecule has 19 heavy (non-hydrogen) atoms. The standard InChI is InChI=1S/C12H9BrN4O2/c1-2-19-12(18)8-3-4-11(10(13)5-8)17-16-9(6-14)7-15/h3-5,17H,2H2,1H3. The normalized spacial score (nSPS) is 8.84. The number of benzene rings is 1. The van der Waals surface area contributed by atoms with Gasteiger partial charge in [0, 0.05) is 4.47 Å². The van der Waals surface area contributed by atoms with Gasteiger partial charge in [0.05, 0.1) is 17.9 Å². The first-order valence-electron chi connectivity index (χ1n) is 5.23. The second-order valence-electron chi connectivity index (χ2n) is 3.21. The number of halogens is 1. The molecule has 0 unspecified atom stereocenters. The Morgan fingerprint density at radius 3 is 2.68 bits per heavy atom. The fourth-order valence-corrected chi connectivity index (χ4v) is 1.61. The summed E-state index contributed by atoms with van der Waals surface area (Å²) in [6, 6.07) is 7.96. The van der Waals surface area contributed by atoms with Gasteiger partial charge in [0.15, 0.2) is 0 Å². The van der Waals surface area contributed by atoms with E-state index in [0.29, 0.717) is 22.3 Å². The van der Waals surface area contributed by atoms with E-state index in [-0.39, 0.29) is 5.71 Å². The number of ether oxygens (including phenoxy) is 1. The van der Waals surface area contributed by atoms with E-state index in [1.54, 1.807) is 37.3 Å². The van der Waals surface area contributed by atoms with E-state index in [2.05, 4.69) is 26.5 Å². The quantitative estimate of drug-likeness (QED) is 0.522. The first-order chi connectivity index (χ1) is 9.12. The van der Waals surface area contributed by atoms with Crippen LogP contribution in [-0.2, 0) is 4.74 Å². The minimum atomic E-state index is -0.423. The van der Waals surface area contributed by atoms with Crippen molar-refractivity contribution in [3.05, 3.63) is 28.2 Å². The minimum absolute atomic E-state index is 0.290. The third-order valence-corrected chi connectivity index (χ3v) is 2.64. The highest BCUT2D eigenvalue weighted by atomic mass is 79.9. The van der Waals surface area contributed by atoms with E-state index in [9.17, 15) is 4.79 Å². The van der Waals surface area contributed by atoms with Gasteiger partial charge in [-0.15, -0.1) is 0 Å². The summed E-state index contributed by atoms with van der Waals surface area (Å²) in [7, 11) is 0. The highest BCUT2D eigenvalue weighted by Gasteiger charge is 2.09. The smallest absolute Gasteiger partial charge is 0.338 e. The molecule has 0 amide bonds. The third kappa shape index (κ3) is 4.09. The van der Waals surface area contributed by atoms with Crippen molar-refractivity contribution in [1.82, 2.24) is 0 Å². The van der Waals surface area contributed by atoms with Gasteiger partial charge in [0.1, 0.15) is 12.1 Å². The number of hydrogen-bond acceptors (Lipinski definition) is 6. The lowest BCUT2D eigenvalue weighted by atomic mass is 10.2. The zero-order valence-corrected chi connectivity index (χ0v) is 11.6. The van der Waals surface area contributed by atoms with E-state index in [1.165, 1.54) is 0 Å². The Labute approximate surface area is 118 Å². The van der Waals surface area contributed by atoms with Crippen LogP contribution in [0.1, 0.15) is 17.3 Å². The second-order valence-corrected chi connectivity index (χ2v) is 4.07. The molecule has 0 aromatic heterocycles. The molecule has 1 N–H and O–H groups in total. The van der Waals surface area contributed by atoms with E-state index in [0.717, 1.165) is 0 Å². The number of esters is 1. The molecule has 1 aromatic rings. The summed E-state index contributed by atoms with van der Waals surface area (Å²) >= 11 is 3.26. The summed E-state index contributed by atoms with van der Waals surface area (Å²) in [6.07, 6.45) is 0. The summed E-state index contributed by atoms with van der Waals surface area (Å²) in [6.45, 7) is 2.03. The van der Waals surface area contributed by atoms with Crippen LogP contribution in [0.5, 0.6) is 0 Å². The molecule has 0 aliphatic heterocycles. The zero-order chi connectivity index (χ0) is 14.3. The number of hydrogen-bond donors (Lipinski definition) is 1. The lowest BCUT2D eigenvalue weighted by Crippen LogP contribution is -2.05. The van der Waals surface area contributed by atoms with Crippen LogP contribution in [0, 0.1) is 22.7 Å². The number of rotatable bonds is 4. The number of nitriles is 2. The van der Waals surface area contributed by atoms with Crippen molar-refractivity contribution in [2.45, 2.75) is 6.92 Å². The van der Waals surface area contributed by atoms with Crippen molar-refractivity contribution >= 4 is 33.3 Å².